The molecule has 242 valence electrons. The molecule has 6 N–H and O–H groups in total. The van der Waals surface area contributed by atoms with Crippen LogP contribution in [-0.2, 0) is 25.5 Å². The number of aromatic hydroxyl groups is 2. The fourth-order valence-corrected chi connectivity index (χ4v) is 6.11. The molecule has 2 aromatic rings. The van der Waals surface area contributed by atoms with E-state index in [0.29, 0.717) is 0 Å². The second-order valence-corrected chi connectivity index (χ2v) is 11.1. The number of carbonyl (C=O) groups is 4. The number of hydrogen-bond donors (Lipinski definition) is 6. The molecular formula is C29H28F3NO12. The van der Waals surface area contributed by atoms with Crippen LogP contribution < -0.4 is 10.1 Å². The Bertz CT molecular complexity index is 1610. The van der Waals surface area contributed by atoms with Crippen LogP contribution in [0.4, 0.5) is 13.2 Å². The fraction of sp³-hybridized carbons (Fsp3) is 0.448. The lowest BCUT2D eigenvalue weighted by Gasteiger charge is -2.43. The van der Waals surface area contributed by atoms with Gasteiger partial charge in [0, 0.05) is 36.0 Å². The van der Waals surface area contributed by atoms with E-state index < -0.39 is 114 Å². The fourth-order valence-electron chi connectivity index (χ4n) is 6.11. The molecule has 1 amide bonds. The molecule has 3 aliphatic rings. The lowest BCUT2D eigenvalue weighted by Crippen LogP contribution is -2.57. The number of hydrogen-bond acceptors (Lipinski definition) is 12. The van der Waals surface area contributed by atoms with Gasteiger partial charge < -0.3 is 45.1 Å². The summed E-state index contributed by atoms with van der Waals surface area (Å²) in [5.41, 5.74) is -4.74. The minimum Gasteiger partial charge on any atom is -0.507 e. The number of carbonyl (C=O) groups excluding carboxylic acids is 4. The molecule has 1 heterocycles. The number of methoxy groups -OCH3 is 1. The van der Waals surface area contributed by atoms with Gasteiger partial charge in [0.25, 0.3) is 0 Å². The minimum absolute atomic E-state index is 0.000996. The number of nitrogens with one attached hydrogen (secondary N) is 1. The van der Waals surface area contributed by atoms with E-state index >= 15 is 0 Å². The molecule has 16 heteroatoms. The third-order valence-corrected chi connectivity index (χ3v) is 8.33. The Kier molecular flexibility index (Phi) is 8.16. The zero-order valence-corrected chi connectivity index (χ0v) is 23.7. The van der Waals surface area contributed by atoms with Crippen LogP contribution in [0.15, 0.2) is 18.2 Å². The second kappa shape index (κ2) is 11.4. The van der Waals surface area contributed by atoms with Crippen molar-refractivity contribution in [3.63, 3.8) is 0 Å². The van der Waals surface area contributed by atoms with Crippen molar-refractivity contribution in [2.24, 2.45) is 0 Å². The molecule has 6 atom stereocenters. The first-order valence-electron chi connectivity index (χ1n) is 13.6. The van der Waals surface area contributed by atoms with Crippen molar-refractivity contribution in [2.45, 2.75) is 68.6 Å². The molecule has 2 aromatic carbocycles. The third-order valence-electron chi connectivity index (χ3n) is 8.33. The molecule has 0 spiro atoms. The lowest BCUT2D eigenvalue weighted by atomic mass is 9.72. The number of alkyl halides is 3. The molecule has 0 radical (unpaired) electrons. The maximum absolute atomic E-state index is 13.7. The Hall–Kier alpha value is -4.09. The van der Waals surface area contributed by atoms with Gasteiger partial charge in [0.05, 0.1) is 42.0 Å². The van der Waals surface area contributed by atoms with Crippen molar-refractivity contribution in [1.29, 1.82) is 0 Å². The van der Waals surface area contributed by atoms with Crippen LogP contribution >= 0.6 is 0 Å². The molecular weight excluding hydrogens is 611 g/mol. The van der Waals surface area contributed by atoms with Gasteiger partial charge in [0.15, 0.2) is 17.9 Å². The van der Waals surface area contributed by atoms with Crippen molar-refractivity contribution in [1.82, 2.24) is 5.32 Å². The van der Waals surface area contributed by atoms with E-state index in [9.17, 15) is 57.9 Å². The number of rotatable bonds is 6. The van der Waals surface area contributed by atoms with Crippen LogP contribution in [0.5, 0.6) is 17.2 Å². The summed E-state index contributed by atoms with van der Waals surface area (Å²) in [7, 11) is 1.25. The van der Waals surface area contributed by atoms with Gasteiger partial charge in [-0.1, -0.05) is 12.1 Å². The SMILES string of the molecule is COc1cccc2c1C(=O)c1c(O)c3c(c(O)c1C2=O)C[C@@](O)(C(=O)CO)C[C@@H]3O[C@H]1C[C@H](NC(=O)C(F)(F)F)[C@@H](O)[C@H](C)O1. The van der Waals surface area contributed by atoms with E-state index in [0.717, 1.165) is 0 Å². The first-order valence-corrected chi connectivity index (χ1v) is 13.6. The van der Waals surface area contributed by atoms with Gasteiger partial charge in [-0.15, -0.1) is 0 Å². The van der Waals surface area contributed by atoms with E-state index in [1.165, 1.54) is 32.2 Å². The van der Waals surface area contributed by atoms with E-state index in [2.05, 4.69) is 0 Å². The Morgan fingerprint density at radius 2 is 1.78 bits per heavy atom. The van der Waals surface area contributed by atoms with Crippen molar-refractivity contribution >= 4 is 23.3 Å². The topological polar surface area (TPSA) is 209 Å². The van der Waals surface area contributed by atoms with E-state index in [1.54, 1.807) is 5.32 Å². The number of aliphatic hydroxyl groups is 3. The van der Waals surface area contributed by atoms with Crippen molar-refractivity contribution in [2.75, 3.05) is 13.7 Å². The highest BCUT2D eigenvalue weighted by Crippen LogP contribution is 2.52. The van der Waals surface area contributed by atoms with Crippen molar-refractivity contribution in [3.8, 4) is 17.2 Å². The monoisotopic (exact) mass is 639 g/mol. The van der Waals surface area contributed by atoms with Gasteiger partial charge in [-0.2, -0.15) is 13.2 Å². The summed E-state index contributed by atoms with van der Waals surface area (Å²) in [5, 5.41) is 55.8. The number of ether oxygens (including phenoxy) is 3. The molecule has 0 unspecified atom stereocenters. The Morgan fingerprint density at radius 3 is 2.40 bits per heavy atom. The van der Waals surface area contributed by atoms with E-state index in [-0.39, 0.29) is 28.0 Å². The van der Waals surface area contributed by atoms with Crippen LogP contribution in [0.2, 0.25) is 0 Å². The predicted octanol–water partition coefficient (Wildman–Crippen LogP) is 0.721. The molecule has 13 nitrogen and oxygen atoms in total. The number of ketones is 3. The molecule has 0 aromatic heterocycles. The summed E-state index contributed by atoms with van der Waals surface area (Å²) in [4.78, 5) is 51.5. The second-order valence-electron chi connectivity index (χ2n) is 11.1. The number of Topliss-reactive ketones (excluding diaryl/α,β-unsaturated/α-hetero) is 1. The lowest BCUT2D eigenvalue weighted by molar-refractivity contribution is -0.250. The molecule has 0 saturated carbocycles. The number of amides is 1. The highest BCUT2D eigenvalue weighted by atomic mass is 19.4. The van der Waals surface area contributed by atoms with Gasteiger partial charge in [0.1, 0.15) is 35.6 Å². The highest BCUT2D eigenvalue weighted by molar-refractivity contribution is 6.31. The van der Waals surface area contributed by atoms with Gasteiger partial charge in [-0.05, 0) is 13.0 Å². The number of phenols is 2. The van der Waals surface area contributed by atoms with Gasteiger partial charge in [0.2, 0.25) is 5.78 Å². The van der Waals surface area contributed by atoms with Gasteiger partial charge in [-0.25, -0.2) is 0 Å². The van der Waals surface area contributed by atoms with Crippen LogP contribution in [0, 0.1) is 0 Å². The number of benzene rings is 2. The summed E-state index contributed by atoms with van der Waals surface area (Å²) in [5.74, 6) is -6.94. The quantitative estimate of drug-likeness (QED) is 0.206. The third kappa shape index (κ3) is 5.31. The highest BCUT2D eigenvalue weighted by Gasteiger charge is 2.51. The smallest absolute Gasteiger partial charge is 0.471 e. The van der Waals surface area contributed by atoms with E-state index in [4.69, 9.17) is 14.2 Å². The first-order chi connectivity index (χ1) is 21.0. The van der Waals surface area contributed by atoms with E-state index in [1.807, 2.05) is 0 Å². The maximum atomic E-state index is 13.7. The molecule has 0 bridgehead atoms. The predicted molar refractivity (Wildman–Crippen MR) is 142 cm³/mol. The number of phenolic OH excluding ortho intramolecular Hbond substituents is 2. The largest absolute Gasteiger partial charge is 0.507 e. The van der Waals surface area contributed by atoms with Crippen LogP contribution in [0.1, 0.15) is 68.8 Å². The average Bonchev–Trinajstić information content (AvgIpc) is 2.98. The minimum atomic E-state index is -5.27. The summed E-state index contributed by atoms with van der Waals surface area (Å²) in [6.07, 6.45) is -13.3. The number of aliphatic hydroxyl groups excluding tert-OH is 2. The molecule has 45 heavy (non-hydrogen) atoms. The standard InChI is InChI=1S/C29H28F3NO12/c1-10-22(36)13(33-27(41)29(30,31)32)6-17(44-10)45-15-8-28(42,16(35)9-34)7-12-19(15)26(40)21-20(24(12)38)23(37)11-4-3-5-14(43-2)18(11)25(21)39/h3-5,10,13,15,17,22,34,36,38,40,42H,6-9H2,1-2H3,(H,33,41)/t10-,13-,15-,17-,22-,28-/m0/s1. The summed E-state index contributed by atoms with van der Waals surface area (Å²) < 4.78 is 55.5. The average molecular weight is 640 g/mol. The number of fused-ring (bicyclic) bond motifs is 3. The Morgan fingerprint density at radius 1 is 1.11 bits per heavy atom. The Labute approximate surface area is 252 Å². The zero-order valence-electron chi connectivity index (χ0n) is 23.7. The summed E-state index contributed by atoms with van der Waals surface area (Å²) in [6.45, 7) is 0.123. The van der Waals surface area contributed by atoms with Crippen molar-refractivity contribution in [3.05, 3.63) is 51.6 Å². The van der Waals surface area contributed by atoms with Gasteiger partial charge in [-0.3, -0.25) is 19.2 Å². The molecule has 1 aliphatic heterocycles. The summed E-state index contributed by atoms with van der Waals surface area (Å²) >= 11 is 0. The maximum Gasteiger partial charge on any atom is 0.471 e. The Balaban J connectivity index is 1.61. The van der Waals surface area contributed by atoms with Crippen LogP contribution in [0.25, 0.3) is 0 Å². The van der Waals surface area contributed by atoms with Crippen LogP contribution in [0.3, 0.4) is 0 Å². The van der Waals surface area contributed by atoms with Crippen LogP contribution in [-0.4, -0.2) is 98.8 Å². The molecule has 2 aliphatic carbocycles. The normalized spacial score (nSPS) is 27.7. The van der Waals surface area contributed by atoms with Gasteiger partial charge >= 0.3 is 12.1 Å². The number of halogens is 3. The molecule has 5 rings (SSSR count). The molecule has 1 fully saturated rings. The van der Waals surface area contributed by atoms with Crippen molar-refractivity contribution < 1.29 is 72.1 Å². The summed E-state index contributed by atoms with van der Waals surface area (Å²) in [6, 6.07) is 2.60. The zero-order chi connectivity index (χ0) is 33.2. The first kappa shape index (κ1) is 32.3. The molecule has 1 saturated heterocycles.